The van der Waals surface area contributed by atoms with Crippen LogP contribution in [0, 0.1) is 5.41 Å². The van der Waals surface area contributed by atoms with E-state index in [-0.39, 0.29) is 22.7 Å². The molecule has 1 aromatic rings. The van der Waals surface area contributed by atoms with E-state index in [9.17, 15) is 4.79 Å². The molecule has 1 aliphatic heterocycles. The number of para-hydroxylation sites is 1. The lowest BCUT2D eigenvalue weighted by Gasteiger charge is -2.42. The average Bonchev–Trinajstić information content (AvgIpc) is 2.51. The van der Waals surface area contributed by atoms with Crippen LogP contribution in [0.3, 0.4) is 0 Å². The Morgan fingerprint density at radius 1 is 1.24 bits per heavy atom. The van der Waals surface area contributed by atoms with Crippen LogP contribution >= 0.6 is 0 Å². The molecule has 2 aliphatic rings. The van der Waals surface area contributed by atoms with Gasteiger partial charge in [0, 0.05) is 17.4 Å². The number of benzene rings is 1. The summed E-state index contributed by atoms with van der Waals surface area (Å²) in [7, 11) is 0. The summed E-state index contributed by atoms with van der Waals surface area (Å²) in [5, 5.41) is 0. The number of ketones is 1. The highest BCUT2D eigenvalue weighted by Crippen LogP contribution is 2.53. The van der Waals surface area contributed by atoms with Crippen LogP contribution in [0.15, 0.2) is 24.3 Å². The first kappa shape index (κ1) is 10.8. The van der Waals surface area contributed by atoms with Gasteiger partial charge in [-0.2, -0.15) is 0 Å². The lowest BCUT2D eigenvalue weighted by Crippen LogP contribution is -2.50. The fourth-order valence-electron chi connectivity index (χ4n) is 3.67. The lowest BCUT2D eigenvalue weighted by molar-refractivity contribution is -0.134. The minimum absolute atomic E-state index is 0.0726. The van der Waals surface area contributed by atoms with Gasteiger partial charge in [0.05, 0.1) is 0 Å². The summed E-state index contributed by atoms with van der Waals surface area (Å²) < 4.78 is 5.87. The van der Waals surface area contributed by atoms with E-state index in [1.54, 1.807) is 0 Å². The number of hydrogen-bond acceptors (Lipinski definition) is 2. The largest absolute Gasteiger partial charge is 0.481 e. The Bertz CT molecular complexity index is 489. The molecule has 0 amide bonds. The van der Waals surface area contributed by atoms with Crippen LogP contribution in [0.25, 0.3) is 0 Å². The molecule has 1 aliphatic carbocycles. The zero-order valence-electron chi connectivity index (χ0n) is 10.6. The van der Waals surface area contributed by atoms with Crippen molar-refractivity contribution in [3.05, 3.63) is 29.8 Å². The third-order valence-electron chi connectivity index (χ3n) is 4.12. The van der Waals surface area contributed by atoms with Crippen molar-refractivity contribution in [3.63, 3.8) is 0 Å². The van der Waals surface area contributed by atoms with E-state index in [0.717, 1.165) is 12.2 Å². The van der Waals surface area contributed by atoms with E-state index in [1.807, 2.05) is 18.2 Å². The molecule has 0 aromatic heterocycles. The van der Waals surface area contributed by atoms with E-state index < -0.39 is 0 Å². The van der Waals surface area contributed by atoms with Crippen molar-refractivity contribution in [1.29, 1.82) is 0 Å². The Labute approximate surface area is 102 Å². The molecule has 0 unspecified atom stereocenters. The number of hydrogen-bond donors (Lipinski definition) is 0. The second kappa shape index (κ2) is 3.12. The quantitative estimate of drug-likeness (QED) is 0.684. The fourth-order valence-corrected chi connectivity index (χ4v) is 3.67. The number of ether oxygens (including phenoxy) is 1. The zero-order valence-corrected chi connectivity index (χ0v) is 10.6. The molecule has 17 heavy (non-hydrogen) atoms. The third kappa shape index (κ3) is 1.43. The van der Waals surface area contributed by atoms with Crippen LogP contribution < -0.4 is 4.74 Å². The molecule has 90 valence electrons. The SMILES string of the molecule is CC1(C)CC(=O)[C@H]2Oc3ccccc3[C@@]2(C)C1. The number of Topliss-reactive ketones (excluding diaryl/α,β-unsaturated/α-hetero) is 1. The molecule has 2 heteroatoms. The Balaban J connectivity index is 2.13. The van der Waals surface area contributed by atoms with Crippen LogP contribution in [-0.2, 0) is 10.2 Å². The van der Waals surface area contributed by atoms with Crippen LogP contribution in [0.4, 0.5) is 0 Å². The summed E-state index contributed by atoms with van der Waals surface area (Å²) in [5.41, 5.74) is 1.13. The van der Waals surface area contributed by atoms with Gasteiger partial charge in [-0.25, -0.2) is 0 Å². The van der Waals surface area contributed by atoms with Crippen LogP contribution in [0.2, 0.25) is 0 Å². The molecule has 1 heterocycles. The minimum Gasteiger partial charge on any atom is -0.481 e. The van der Waals surface area contributed by atoms with E-state index in [0.29, 0.717) is 6.42 Å². The van der Waals surface area contributed by atoms with Gasteiger partial charge in [-0.15, -0.1) is 0 Å². The Hall–Kier alpha value is -1.31. The number of rotatable bonds is 0. The first-order chi connectivity index (χ1) is 7.92. The predicted molar refractivity (Wildman–Crippen MR) is 66.2 cm³/mol. The molecule has 1 saturated carbocycles. The van der Waals surface area contributed by atoms with Crippen molar-refractivity contribution in [2.24, 2.45) is 5.41 Å². The van der Waals surface area contributed by atoms with E-state index in [2.05, 4.69) is 26.8 Å². The van der Waals surface area contributed by atoms with Gasteiger partial charge in [-0.1, -0.05) is 39.0 Å². The standard InChI is InChI=1S/C15H18O2/c1-14(2)8-11(16)13-15(3,9-14)10-6-4-5-7-12(10)17-13/h4-7,13H,8-9H2,1-3H3/t13-,15-/m1/s1. The normalized spacial score (nSPS) is 33.8. The molecule has 1 aromatic carbocycles. The molecule has 0 radical (unpaired) electrons. The third-order valence-corrected chi connectivity index (χ3v) is 4.12. The lowest BCUT2D eigenvalue weighted by atomic mass is 9.61. The predicted octanol–water partition coefficient (Wildman–Crippen LogP) is 3.09. The van der Waals surface area contributed by atoms with Crippen molar-refractivity contribution in [3.8, 4) is 5.75 Å². The van der Waals surface area contributed by atoms with Crippen molar-refractivity contribution in [1.82, 2.24) is 0 Å². The van der Waals surface area contributed by atoms with Gasteiger partial charge in [-0.3, -0.25) is 4.79 Å². The van der Waals surface area contributed by atoms with Gasteiger partial charge >= 0.3 is 0 Å². The summed E-state index contributed by atoms with van der Waals surface area (Å²) in [6.45, 7) is 6.52. The van der Waals surface area contributed by atoms with Gasteiger partial charge < -0.3 is 4.74 Å². The molecule has 0 spiro atoms. The first-order valence-corrected chi connectivity index (χ1v) is 6.21. The topological polar surface area (TPSA) is 26.3 Å². The van der Waals surface area contributed by atoms with Gasteiger partial charge in [0.2, 0.25) is 0 Å². The van der Waals surface area contributed by atoms with Gasteiger partial charge in [0.25, 0.3) is 0 Å². The summed E-state index contributed by atoms with van der Waals surface area (Å²) >= 11 is 0. The minimum atomic E-state index is -0.270. The molecule has 2 atom stereocenters. The Kier molecular flexibility index (Phi) is 1.99. The Morgan fingerprint density at radius 2 is 1.94 bits per heavy atom. The summed E-state index contributed by atoms with van der Waals surface area (Å²) in [6.07, 6.45) is 1.36. The Morgan fingerprint density at radius 3 is 2.71 bits per heavy atom. The average molecular weight is 230 g/mol. The molecule has 1 fully saturated rings. The van der Waals surface area contributed by atoms with Crippen molar-refractivity contribution < 1.29 is 9.53 Å². The molecule has 0 N–H and O–H groups in total. The van der Waals surface area contributed by atoms with Gasteiger partial charge in [0.15, 0.2) is 11.9 Å². The number of carbonyl (C=O) groups is 1. The number of carbonyl (C=O) groups excluding carboxylic acids is 1. The summed E-state index contributed by atoms with van der Waals surface area (Å²) in [6, 6.07) is 8.07. The second-order valence-electron chi connectivity index (χ2n) is 6.40. The summed E-state index contributed by atoms with van der Waals surface area (Å²) in [4.78, 5) is 12.2. The molecule has 2 nitrogen and oxygen atoms in total. The maximum absolute atomic E-state index is 12.2. The van der Waals surface area contributed by atoms with Gasteiger partial charge in [-0.05, 0) is 17.9 Å². The molecule has 0 bridgehead atoms. The highest BCUT2D eigenvalue weighted by atomic mass is 16.5. The van der Waals surface area contributed by atoms with E-state index in [1.165, 1.54) is 5.56 Å². The molecule has 0 saturated heterocycles. The second-order valence-corrected chi connectivity index (χ2v) is 6.40. The van der Waals surface area contributed by atoms with Crippen molar-refractivity contribution in [2.75, 3.05) is 0 Å². The smallest absolute Gasteiger partial charge is 0.174 e. The molecule has 3 rings (SSSR count). The van der Waals surface area contributed by atoms with Gasteiger partial charge in [0.1, 0.15) is 5.75 Å². The van der Waals surface area contributed by atoms with Crippen molar-refractivity contribution >= 4 is 5.78 Å². The monoisotopic (exact) mass is 230 g/mol. The molecular weight excluding hydrogens is 212 g/mol. The van der Waals surface area contributed by atoms with Crippen molar-refractivity contribution in [2.45, 2.75) is 45.1 Å². The highest BCUT2D eigenvalue weighted by molar-refractivity contribution is 5.88. The zero-order chi connectivity index (χ0) is 12.3. The summed E-state index contributed by atoms with van der Waals surface area (Å²) in [5.74, 6) is 1.14. The maximum Gasteiger partial charge on any atom is 0.174 e. The highest BCUT2D eigenvalue weighted by Gasteiger charge is 2.55. The van der Waals surface area contributed by atoms with E-state index in [4.69, 9.17) is 4.74 Å². The van der Waals surface area contributed by atoms with Crippen LogP contribution in [0.5, 0.6) is 5.75 Å². The number of fused-ring (bicyclic) bond motifs is 3. The van der Waals surface area contributed by atoms with E-state index >= 15 is 0 Å². The maximum atomic E-state index is 12.2. The molecular formula is C15H18O2. The fraction of sp³-hybridized carbons (Fsp3) is 0.533. The van der Waals surface area contributed by atoms with Crippen LogP contribution in [0.1, 0.15) is 39.2 Å². The first-order valence-electron chi connectivity index (χ1n) is 6.21. The van der Waals surface area contributed by atoms with Crippen LogP contribution in [-0.4, -0.2) is 11.9 Å².